The van der Waals surface area contributed by atoms with Crippen molar-refractivity contribution in [1.29, 1.82) is 0 Å². The molecule has 2 rings (SSSR count). The van der Waals surface area contributed by atoms with Gasteiger partial charge in [0.1, 0.15) is 0 Å². The Hall–Kier alpha value is -0.830. The highest BCUT2D eigenvalue weighted by atomic mass is 15.3. The van der Waals surface area contributed by atoms with Crippen LogP contribution < -0.4 is 5.32 Å². The molecule has 1 heterocycles. The standard InChI is InChI=1S/C13H23N3/c1-9(10-7-8-14-16(10)6)15-11-12(2,3)13(11,4)5/h7-9,11,15H,1-6H3. The SMILES string of the molecule is CC(NC1C(C)(C)C1(C)C)c1ccnn1C. The van der Waals surface area contributed by atoms with Crippen LogP contribution in [0.15, 0.2) is 12.3 Å². The molecule has 16 heavy (non-hydrogen) atoms. The van der Waals surface area contributed by atoms with Gasteiger partial charge in [-0.1, -0.05) is 27.7 Å². The summed E-state index contributed by atoms with van der Waals surface area (Å²) in [6, 6.07) is 3.03. The van der Waals surface area contributed by atoms with E-state index in [1.807, 2.05) is 17.9 Å². The topological polar surface area (TPSA) is 29.9 Å². The maximum absolute atomic E-state index is 4.21. The quantitative estimate of drug-likeness (QED) is 0.850. The van der Waals surface area contributed by atoms with Crippen molar-refractivity contribution in [3.05, 3.63) is 18.0 Å². The molecule has 0 aromatic carbocycles. The van der Waals surface area contributed by atoms with Gasteiger partial charge in [-0.2, -0.15) is 5.10 Å². The highest BCUT2D eigenvalue weighted by Gasteiger charge is 2.64. The first kappa shape index (κ1) is 11.6. The van der Waals surface area contributed by atoms with Gasteiger partial charge in [0, 0.05) is 25.3 Å². The van der Waals surface area contributed by atoms with Gasteiger partial charge in [0.25, 0.3) is 0 Å². The lowest BCUT2D eigenvalue weighted by Crippen LogP contribution is -2.27. The molecule has 1 N–H and O–H groups in total. The molecule has 1 aromatic rings. The molecule has 0 saturated heterocycles. The number of aryl methyl sites for hydroxylation is 1. The van der Waals surface area contributed by atoms with Crippen molar-refractivity contribution in [2.24, 2.45) is 17.9 Å². The number of hydrogen-bond donors (Lipinski definition) is 1. The van der Waals surface area contributed by atoms with E-state index in [-0.39, 0.29) is 0 Å². The third-order valence-corrected chi connectivity index (χ3v) is 4.74. The van der Waals surface area contributed by atoms with E-state index in [1.54, 1.807) is 0 Å². The first-order chi connectivity index (χ1) is 7.28. The number of rotatable bonds is 3. The van der Waals surface area contributed by atoms with Gasteiger partial charge in [-0.15, -0.1) is 0 Å². The number of aromatic nitrogens is 2. The largest absolute Gasteiger partial charge is 0.305 e. The van der Waals surface area contributed by atoms with Crippen LogP contribution in [0.25, 0.3) is 0 Å². The lowest BCUT2D eigenvalue weighted by atomic mass is 10.0. The first-order valence-electron chi connectivity index (χ1n) is 6.02. The number of hydrogen-bond acceptors (Lipinski definition) is 2. The first-order valence-corrected chi connectivity index (χ1v) is 6.02. The smallest absolute Gasteiger partial charge is 0.0547 e. The zero-order valence-electron chi connectivity index (χ0n) is 11.2. The van der Waals surface area contributed by atoms with Crippen LogP contribution >= 0.6 is 0 Å². The van der Waals surface area contributed by atoms with E-state index in [0.29, 0.717) is 22.9 Å². The van der Waals surface area contributed by atoms with Crippen molar-refractivity contribution in [3.63, 3.8) is 0 Å². The molecule has 1 aromatic heterocycles. The lowest BCUT2D eigenvalue weighted by molar-refractivity contribution is 0.457. The molecule has 3 heteroatoms. The molecule has 0 bridgehead atoms. The molecule has 0 radical (unpaired) electrons. The Morgan fingerprint density at radius 2 is 1.88 bits per heavy atom. The average molecular weight is 221 g/mol. The van der Waals surface area contributed by atoms with Crippen LogP contribution in [-0.2, 0) is 7.05 Å². The summed E-state index contributed by atoms with van der Waals surface area (Å²) >= 11 is 0. The van der Waals surface area contributed by atoms with E-state index < -0.39 is 0 Å². The van der Waals surface area contributed by atoms with Gasteiger partial charge in [0.2, 0.25) is 0 Å². The molecule has 1 fully saturated rings. The number of nitrogens with one attached hydrogen (secondary N) is 1. The maximum Gasteiger partial charge on any atom is 0.0547 e. The monoisotopic (exact) mass is 221 g/mol. The fourth-order valence-electron chi connectivity index (χ4n) is 2.76. The molecule has 1 unspecified atom stereocenters. The van der Waals surface area contributed by atoms with E-state index in [2.05, 4.69) is 51.1 Å². The van der Waals surface area contributed by atoms with Crippen molar-refractivity contribution in [2.75, 3.05) is 0 Å². The number of nitrogens with zero attached hydrogens (tertiary/aromatic N) is 2. The third kappa shape index (κ3) is 1.49. The summed E-state index contributed by atoms with van der Waals surface area (Å²) in [7, 11) is 2.00. The molecule has 1 aliphatic rings. The molecular weight excluding hydrogens is 198 g/mol. The van der Waals surface area contributed by atoms with Crippen molar-refractivity contribution in [3.8, 4) is 0 Å². The molecule has 0 amide bonds. The van der Waals surface area contributed by atoms with Crippen molar-refractivity contribution < 1.29 is 0 Å². The third-order valence-electron chi connectivity index (χ3n) is 4.74. The predicted octanol–water partition coefficient (Wildman–Crippen LogP) is 2.51. The van der Waals surface area contributed by atoms with Gasteiger partial charge in [0.05, 0.1) is 5.69 Å². The van der Waals surface area contributed by atoms with Crippen LogP contribution in [-0.4, -0.2) is 15.8 Å². The summed E-state index contributed by atoms with van der Waals surface area (Å²) in [5.41, 5.74) is 2.03. The summed E-state index contributed by atoms with van der Waals surface area (Å²) in [6.45, 7) is 11.5. The summed E-state index contributed by atoms with van der Waals surface area (Å²) in [6.07, 6.45) is 1.86. The van der Waals surface area contributed by atoms with E-state index in [1.165, 1.54) is 5.69 Å². The lowest BCUT2D eigenvalue weighted by Gasteiger charge is -2.15. The van der Waals surface area contributed by atoms with Crippen LogP contribution in [0.3, 0.4) is 0 Å². The molecule has 1 aliphatic carbocycles. The van der Waals surface area contributed by atoms with E-state index in [9.17, 15) is 0 Å². The minimum atomic E-state index is 0.360. The highest BCUT2D eigenvalue weighted by Crippen LogP contribution is 2.63. The van der Waals surface area contributed by atoms with Crippen LogP contribution in [0.5, 0.6) is 0 Å². The van der Waals surface area contributed by atoms with Crippen LogP contribution in [0.4, 0.5) is 0 Å². The maximum atomic E-state index is 4.21. The molecule has 90 valence electrons. The Morgan fingerprint density at radius 3 is 2.25 bits per heavy atom. The molecule has 1 atom stereocenters. The Morgan fingerprint density at radius 1 is 1.31 bits per heavy atom. The predicted molar refractivity (Wildman–Crippen MR) is 66.1 cm³/mol. The van der Waals surface area contributed by atoms with E-state index >= 15 is 0 Å². The van der Waals surface area contributed by atoms with Gasteiger partial charge in [-0.25, -0.2) is 0 Å². The van der Waals surface area contributed by atoms with Crippen molar-refractivity contribution in [2.45, 2.75) is 46.7 Å². The Labute approximate surface area is 98.2 Å². The summed E-state index contributed by atoms with van der Waals surface area (Å²) < 4.78 is 1.94. The average Bonchev–Trinajstić information content (AvgIpc) is 2.57. The summed E-state index contributed by atoms with van der Waals surface area (Å²) in [5.74, 6) is 0. The van der Waals surface area contributed by atoms with Crippen LogP contribution in [0, 0.1) is 10.8 Å². The second-order valence-corrected chi connectivity index (χ2v) is 6.14. The summed E-state index contributed by atoms with van der Waals surface area (Å²) in [4.78, 5) is 0. The van der Waals surface area contributed by atoms with Crippen LogP contribution in [0.2, 0.25) is 0 Å². The molecule has 3 nitrogen and oxygen atoms in total. The Bertz CT molecular complexity index is 376. The second-order valence-electron chi connectivity index (χ2n) is 6.14. The van der Waals surface area contributed by atoms with Gasteiger partial charge in [-0.05, 0) is 23.8 Å². The normalized spacial score (nSPS) is 24.4. The molecule has 1 saturated carbocycles. The van der Waals surface area contributed by atoms with Gasteiger partial charge in [-0.3, -0.25) is 4.68 Å². The second kappa shape index (κ2) is 3.33. The zero-order valence-corrected chi connectivity index (χ0v) is 11.2. The van der Waals surface area contributed by atoms with Crippen LogP contribution in [0.1, 0.15) is 46.4 Å². The fourth-order valence-corrected chi connectivity index (χ4v) is 2.76. The summed E-state index contributed by atoms with van der Waals surface area (Å²) in [5, 5.41) is 7.93. The molecule has 0 aliphatic heterocycles. The van der Waals surface area contributed by atoms with Gasteiger partial charge in [0.15, 0.2) is 0 Å². The Kier molecular flexibility index (Phi) is 2.42. The Balaban J connectivity index is 2.06. The van der Waals surface area contributed by atoms with Gasteiger partial charge < -0.3 is 5.32 Å². The molecule has 0 spiro atoms. The van der Waals surface area contributed by atoms with E-state index in [4.69, 9.17) is 0 Å². The van der Waals surface area contributed by atoms with E-state index in [0.717, 1.165) is 0 Å². The molecular formula is C13H23N3. The zero-order chi connectivity index (χ0) is 12.1. The minimum absolute atomic E-state index is 0.360. The minimum Gasteiger partial charge on any atom is -0.305 e. The van der Waals surface area contributed by atoms with Crippen molar-refractivity contribution >= 4 is 0 Å². The highest BCUT2D eigenvalue weighted by molar-refractivity contribution is 5.19. The fraction of sp³-hybridized carbons (Fsp3) is 0.769. The van der Waals surface area contributed by atoms with Crippen molar-refractivity contribution in [1.82, 2.24) is 15.1 Å². The van der Waals surface area contributed by atoms with Gasteiger partial charge >= 0.3 is 0 Å².